The Labute approximate surface area is 161 Å². The van der Waals surface area contributed by atoms with Crippen LogP contribution in [0.1, 0.15) is 46.9 Å². The Bertz CT molecular complexity index is 988. The molecule has 2 aromatic heterocycles. The molecule has 1 aliphatic rings. The summed E-state index contributed by atoms with van der Waals surface area (Å²) in [6.07, 6.45) is 4.33. The number of hydrogen-bond donors (Lipinski definition) is 1. The molecule has 0 unspecified atom stereocenters. The zero-order chi connectivity index (χ0) is 19.0. The van der Waals surface area contributed by atoms with Crippen LogP contribution < -0.4 is 5.32 Å². The highest BCUT2D eigenvalue weighted by Crippen LogP contribution is 2.31. The van der Waals surface area contributed by atoms with E-state index >= 15 is 0 Å². The van der Waals surface area contributed by atoms with Crippen LogP contribution in [0.5, 0.6) is 0 Å². The first-order valence-electron chi connectivity index (χ1n) is 9.01. The predicted octanol–water partition coefficient (Wildman–Crippen LogP) is 4.18. The van der Waals surface area contributed by atoms with Crippen molar-refractivity contribution in [2.45, 2.75) is 46.1 Å². The second-order valence-corrected chi connectivity index (χ2v) is 7.16. The lowest BCUT2D eigenvalue weighted by Gasteiger charge is -2.11. The number of carbonyl (C=O) groups is 1. The fraction of sp³-hybridized carbons (Fsp3) is 0.368. The van der Waals surface area contributed by atoms with Crippen molar-refractivity contribution >= 4 is 23.2 Å². The van der Waals surface area contributed by atoms with Gasteiger partial charge in [-0.3, -0.25) is 4.79 Å². The molecule has 0 spiro atoms. The molecule has 27 heavy (non-hydrogen) atoms. The number of benzene rings is 1. The molecule has 0 aliphatic carbocycles. The van der Waals surface area contributed by atoms with E-state index in [1.165, 1.54) is 6.42 Å². The molecular formula is C19H20ClN5O2. The largest absolute Gasteiger partial charge is 0.361 e. The number of carbonyl (C=O) groups excluding carboxylic acids is 1. The van der Waals surface area contributed by atoms with E-state index in [-0.39, 0.29) is 5.91 Å². The Kier molecular flexibility index (Phi) is 4.70. The van der Waals surface area contributed by atoms with E-state index in [0.717, 1.165) is 43.0 Å². The van der Waals surface area contributed by atoms with Gasteiger partial charge >= 0.3 is 0 Å². The topological polar surface area (TPSA) is 85.8 Å². The van der Waals surface area contributed by atoms with E-state index in [1.54, 1.807) is 26.0 Å². The zero-order valence-corrected chi connectivity index (χ0v) is 16.0. The maximum Gasteiger partial charge on any atom is 0.261 e. The predicted molar refractivity (Wildman–Crippen MR) is 102 cm³/mol. The summed E-state index contributed by atoms with van der Waals surface area (Å²) < 4.78 is 7.21. The SMILES string of the molecule is Cc1noc(C)c1C(=O)Nc1ccc(Cl)c(-c2nnc3n2CCCCC3)c1. The van der Waals surface area contributed by atoms with Gasteiger partial charge < -0.3 is 14.4 Å². The molecule has 0 saturated carbocycles. The van der Waals surface area contributed by atoms with Crippen molar-refractivity contribution in [1.29, 1.82) is 0 Å². The van der Waals surface area contributed by atoms with Crippen molar-refractivity contribution in [3.8, 4) is 11.4 Å². The smallest absolute Gasteiger partial charge is 0.261 e. The summed E-state index contributed by atoms with van der Waals surface area (Å²) in [7, 11) is 0. The number of fused-ring (bicyclic) bond motifs is 1. The fourth-order valence-corrected chi connectivity index (χ4v) is 3.66. The minimum atomic E-state index is -0.264. The average molecular weight is 386 g/mol. The summed E-state index contributed by atoms with van der Waals surface area (Å²) in [5.74, 6) is 1.95. The standard InChI is InChI=1S/C19H20ClN5O2/c1-11-17(12(2)27-24-11)19(26)21-13-7-8-15(20)14(10-13)18-23-22-16-6-4-3-5-9-25(16)18/h7-8,10H,3-6,9H2,1-2H3,(H,21,26). The second kappa shape index (κ2) is 7.15. The van der Waals surface area contributed by atoms with Crippen molar-refractivity contribution in [1.82, 2.24) is 19.9 Å². The summed E-state index contributed by atoms with van der Waals surface area (Å²) in [5.41, 5.74) is 2.39. The van der Waals surface area contributed by atoms with Gasteiger partial charge in [-0.05, 0) is 44.9 Å². The minimum absolute atomic E-state index is 0.264. The quantitative estimate of drug-likeness (QED) is 0.730. The first-order chi connectivity index (χ1) is 13.0. The van der Waals surface area contributed by atoms with E-state index < -0.39 is 0 Å². The number of aryl methyl sites for hydroxylation is 3. The molecule has 3 heterocycles. The third-order valence-corrected chi connectivity index (χ3v) is 5.16. The molecule has 0 radical (unpaired) electrons. The van der Waals surface area contributed by atoms with E-state index in [9.17, 15) is 4.79 Å². The molecule has 0 fully saturated rings. The Hall–Kier alpha value is -2.67. The number of anilines is 1. The van der Waals surface area contributed by atoms with E-state index in [4.69, 9.17) is 16.1 Å². The lowest BCUT2D eigenvalue weighted by Crippen LogP contribution is -2.13. The van der Waals surface area contributed by atoms with E-state index in [0.29, 0.717) is 27.7 Å². The molecule has 1 aromatic carbocycles. The van der Waals surface area contributed by atoms with Gasteiger partial charge in [0.15, 0.2) is 5.82 Å². The summed E-state index contributed by atoms with van der Waals surface area (Å²) >= 11 is 6.44. The highest BCUT2D eigenvalue weighted by atomic mass is 35.5. The lowest BCUT2D eigenvalue weighted by atomic mass is 10.1. The monoisotopic (exact) mass is 385 g/mol. The molecule has 1 aliphatic heterocycles. The maximum absolute atomic E-state index is 12.6. The number of rotatable bonds is 3. The van der Waals surface area contributed by atoms with Gasteiger partial charge in [0.1, 0.15) is 17.1 Å². The Balaban J connectivity index is 1.67. The van der Waals surface area contributed by atoms with Gasteiger partial charge in [-0.1, -0.05) is 23.2 Å². The summed E-state index contributed by atoms with van der Waals surface area (Å²) in [5, 5.41) is 16.0. The van der Waals surface area contributed by atoms with Crippen molar-refractivity contribution in [2.24, 2.45) is 0 Å². The molecule has 0 atom stereocenters. The molecule has 140 valence electrons. The molecule has 4 rings (SSSR count). The third-order valence-electron chi connectivity index (χ3n) is 4.84. The lowest BCUT2D eigenvalue weighted by molar-refractivity contribution is 0.102. The highest BCUT2D eigenvalue weighted by Gasteiger charge is 2.20. The van der Waals surface area contributed by atoms with Crippen molar-refractivity contribution in [2.75, 3.05) is 5.32 Å². The number of hydrogen-bond acceptors (Lipinski definition) is 5. The van der Waals surface area contributed by atoms with E-state index in [1.807, 2.05) is 6.07 Å². The van der Waals surface area contributed by atoms with Crippen LogP contribution in [0.4, 0.5) is 5.69 Å². The summed E-state index contributed by atoms with van der Waals surface area (Å²) in [6, 6.07) is 5.36. The van der Waals surface area contributed by atoms with Gasteiger partial charge in [-0.2, -0.15) is 0 Å². The first-order valence-corrected chi connectivity index (χ1v) is 9.38. The Morgan fingerprint density at radius 2 is 2.07 bits per heavy atom. The second-order valence-electron chi connectivity index (χ2n) is 6.75. The molecule has 1 amide bonds. The molecule has 3 aromatic rings. The molecule has 1 N–H and O–H groups in total. The van der Waals surface area contributed by atoms with E-state index in [2.05, 4.69) is 25.2 Å². The Morgan fingerprint density at radius 3 is 2.85 bits per heavy atom. The van der Waals surface area contributed by atoms with Crippen LogP contribution in [0.3, 0.4) is 0 Å². The van der Waals surface area contributed by atoms with Crippen LogP contribution >= 0.6 is 11.6 Å². The Morgan fingerprint density at radius 1 is 1.22 bits per heavy atom. The number of amides is 1. The maximum atomic E-state index is 12.6. The normalized spacial score (nSPS) is 13.9. The van der Waals surface area contributed by atoms with Gasteiger partial charge in [0.05, 0.1) is 10.7 Å². The van der Waals surface area contributed by atoms with Gasteiger partial charge in [-0.15, -0.1) is 10.2 Å². The van der Waals surface area contributed by atoms with Crippen molar-refractivity contribution in [3.05, 3.63) is 46.1 Å². The van der Waals surface area contributed by atoms with Crippen molar-refractivity contribution < 1.29 is 9.32 Å². The minimum Gasteiger partial charge on any atom is -0.361 e. The molecule has 7 nitrogen and oxygen atoms in total. The van der Waals surface area contributed by atoms with Crippen LogP contribution in [0, 0.1) is 13.8 Å². The van der Waals surface area contributed by atoms with Crippen LogP contribution in [-0.4, -0.2) is 25.8 Å². The average Bonchev–Trinajstić information content (AvgIpc) is 3.10. The fourth-order valence-electron chi connectivity index (χ4n) is 3.46. The summed E-state index contributed by atoms with van der Waals surface area (Å²) in [6.45, 7) is 4.33. The molecule has 0 saturated heterocycles. The van der Waals surface area contributed by atoms with Crippen LogP contribution in [0.25, 0.3) is 11.4 Å². The highest BCUT2D eigenvalue weighted by molar-refractivity contribution is 6.33. The van der Waals surface area contributed by atoms with Gasteiger partial charge in [-0.25, -0.2) is 0 Å². The number of nitrogens with one attached hydrogen (secondary N) is 1. The van der Waals surface area contributed by atoms with Crippen LogP contribution in [0.2, 0.25) is 5.02 Å². The van der Waals surface area contributed by atoms with Crippen molar-refractivity contribution in [3.63, 3.8) is 0 Å². The zero-order valence-electron chi connectivity index (χ0n) is 15.3. The van der Waals surface area contributed by atoms with Crippen LogP contribution in [-0.2, 0) is 13.0 Å². The number of nitrogens with zero attached hydrogens (tertiary/aromatic N) is 4. The third kappa shape index (κ3) is 3.35. The first kappa shape index (κ1) is 17.7. The van der Waals surface area contributed by atoms with Gasteiger partial charge in [0.25, 0.3) is 5.91 Å². The molecular weight excluding hydrogens is 366 g/mol. The molecule has 0 bridgehead atoms. The number of halogens is 1. The number of aromatic nitrogens is 4. The van der Waals surface area contributed by atoms with Gasteiger partial charge in [0.2, 0.25) is 0 Å². The van der Waals surface area contributed by atoms with Crippen LogP contribution in [0.15, 0.2) is 22.7 Å². The van der Waals surface area contributed by atoms with Gasteiger partial charge in [0, 0.05) is 24.2 Å². The summed E-state index contributed by atoms with van der Waals surface area (Å²) in [4.78, 5) is 12.6. The molecule has 8 heteroatoms.